The molecule has 0 aliphatic carbocycles. The summed E-state index contributed by atoms with van der Waals surface area (Å²) in [6.45, 7) is 13.6. The molecule has 1 rings (SSSR count). The van der Waals surface area contributed by atoms with E-state index in [0.29, 0.717) is 6.42 Å². The van der Waals surface area contributed by atoms with Gasteiger partial charge in [-0.3, -0.25) is 4.79 Å². The molecule has 0 heterocycles. The minimum Gasteiger partial charge on any atom is -0.338 e. The van der Waals surface area contributed by atoms with Gasteiger partial charge in [-0.15, -0.1) is 0 Å². The number of hydrogen-bond acceptors (Lipinski definition) is 1. The SMILES string of the molecule is CCC(=O)N(CCC(C)(C)c1ccccc1)C(C)(C)C. The second-order valence-corrected chi connectivity index (χ2v) is 7.07. The molecule has 0 bridgehead atoms. The van der Waals surface area contributed by atoms with Gasteiger partial charge in [0.05, 0.1) is 0 Å². The summed E-state index contributed by atoms with van der Waals surface area (Å²) in [6, 6.07) is 10.5. The summed E-state index contributed by atoms with van der Waals surface area (Å²) in [7, 11) is 0. The fourth-order valence-corrected chi connectivity index (χ4v) is 2.45. The van der Waals surface area contributed by atoms with Crippen molar-refractivity contribution in [2.24, 2.45) is 0 Å². The van der Waals surface area contributed by atoms with Crippen molar-refractivity contribution in [3.63, 3.8) is 0 Å². The lowest BCUT2D eigenvalue weighted by molar-refractivity contribution is -0.135. The molecule has 0 N–H and O–H groups in total. The average molecular weight is 275 g/mol. The lowest BCUT2D eigenvalue weighted by Gasteiger charge is -2.38. The molecule has 0 fully saturated rings. The van der Waals surface area contributed by atoms with Crippen LogP contribution in [0, 0.1) is 0 Å². The first-order valence-electron chi connectivity index (χ1n) is 7.54. The normalized spacial score (nSPS) is 12.3. The molecule has 0 radical (unpaired) electrons. The van der Waals surface area contributed by atoms with Crippen LogP contribution in [0.5, 0.6) is 0 Å². The van der Waals surface area contributed by atoms with E-state index < -0.39 is 0 Å². The van der Waals surface area contributed by atoms with E-state index in [1.807, 2.05) is 17.9 Å². The molecule has 0 aliphatic rings. The van der Waals surface area contributed by atoms with Gasteiger partial charge in [-0.25, -0.2) is 0 Å². The molecule has 0 aromatic heterocycles. The molecular formula is C18H29NO. The summed E-state index contributed by atoms with van der Waals surface area (Å²) in [6.07, 6.45) is 1.54. The Labute approximate surface area is 124 Å². The summed E-state index contributed by atoms with van der Waals surface area (Å²) in [5.74, 6) is 0.237. The lowest BCUT2D eigenvalue weighted by Crippen LogP contribution is -2.47. The minimum atomic E-state index is -0.111. The third-order valence-electron chi connectivity index (χ3n) is 3.93. The second kappa shape index (κ2) is 6.43. The van der Waals surface area contributed by atoms with E-state index in [0.717, 1.165) is 13.0 Å². The average Bonchev–Trinajstić information content (AvgIpc) is 2.38. The Bertz CT molecular complexity index is 428. The highest BCUT2D eigenvalue weighted by molar-refractivity contribution is 5.76. The minimum absolute atomic E-state index is 0.0821. The number of rotatable bonds is 5. The van der Waals surface area contributed by atoms with Crippen molar-refractivity contribution in [3.8, 4) is 0 Å². The Morgan fingerprint density at radius 2 is 1.60 bits per heavy atom. The number of benzene rings is 1. The first-order valence-corrected chi connectivity index (χ1v) is 7.54. The van der Waals surface area contributed by atoms with Gasteiger partial charge in [0.2, 0.25) is 5.91 Å². The second-order valence-electron chi connectivity index (χ2n) is 7.07. The summed E-state index contributed by atoms with van der Waals surface area (Å²) < 4.78 is 0. The van der Waals surface area contributed by atoms with Crippen LogP contribution in [-0.4, -0.2) is 22.9 Å². The van der Waals surface area contributed by atoms with E-state index in [4.69, 9.17) is 0 Å². The van der Waals surface area contributed by atoms with Crippen LogP contribution < -0.4 is 0 Å². The Morgan fingerprint density at radius 3 is 2.05 bits per heavy atom. The van der Waals surface area contributed by atoms with Crippen LogP contribution in [0.25, 0.3) is 0 Å². The molecule has 112 valence electrons. The Balaban J connectivity index is 2.80. The third-order valence-corrected chi connectivity index (χ3v) is 3.93. The number of carbonyl (C=O) groups is 1. The Kier molecular flexibility index (Phi) is 5.38. The number of amides is 1. The quantitative estimate of drug-likeness (QED) is 0.780. The Hall–Kier alpha value is -1.31. The van der Waals surface area contributed by atoms with Crippen LogP contribution >= 0.6 is 0 Å². The molecule has 0 spiro atoms. The molecule has 20 heavy (non-hydrogen) atoms. The molecule has 0 saturated carbocycles. The standard InChI is InChI=1S/C18H29NO/c1-7-16(20)19(17(2,3)4)14-13-18(5,6)15-11-9-8-10-12-15/h8-12H,7,13-14H2,1-6H3. The highest BCUT2D eigenvalue weighted by atomic mass is 16.2. The maximum absolute atomic E-state index is 12.1. The van der Waals surface area contributed by atoms with Gasteiger partial charge in [0, 0.05) is 18.5 Å². The van der Waals surface area contributed by atoms with Gasteiger partial charge in [-0.05, 0) is 38.2 Å². The van der Waals surface area contributed by atoms with Crippen molar-refractivity contribution < 1.29 is 4.79 Å². The predicted molar refractivity (Wildman–Crippen MR) is 85.8 cm³/mol. The van der Waals surface area contributed by atoms with Crippen LogP contribution in [-0.2, 0) is 10.2 Å². The Morgan fingerprint density at radius 1 is 1.05 bits per heavy atom. The monoisotopic (exact) mass is 275 g/mol. The zero-order valence-corrected chi connectivity index (χ0v) is 13.9. The molecule has 0 atom stereocenters. The van der Waals surface area contributed by atoms with Gasteiger partial charge >= 0.3 is 0 Å². The lowest BCUT2D eigenvalue weighted by atomic mass is 9.81. The van der Waals surface area contributed by atoms with Gasteiger partial charge in [-0.1, -0.05) is 51.1 Å². The van der Waals surface area contributed by atoms with Crippen LogP contribution in [0.15, 0.2) is 30.3 Å². The maximum Gasteiger partial charge on any atom is 0.222 e. The van der Waals surface area contributed by atoms with Gasteiger partial charge in [0.1, 0.15) is 0 Å². The van der Waals surface area contributed by atoms with E-state index in [2.05, 4.69) is 58.9 Å². The summed E-state index contributed by atoms with van der Waals surface area (Å²) in [5.41, 5.74) is 1.30. The smallest absolute Gasteiger partial charge is 0.222 e. The molecule has 2 nitrogen and oxygen atoms in total. The van der Waals surface area contributed by atoms with Gasteiger partial charge in [0.15, 0.2) is 0 Å². The maximum atomic E-state index is 12.1. The topological polar surface area (TPSA) is 20.3 Å². The van der Waals surface area contributed by atoms with Crippen molar-refractivity contribution in [2.75, 3.05) is 6.54 Å². The molecule has 2 heteroatoms. The van der Waals surface area contributed by atoms with Crippen molar-refractivity contribution in [3.05, 3.63) is 35.9 Å². The number of hydrogen-bond donors (Lipinski definition) is 0. The highest BCUT2D eigenvalue weighted by Crippen LogP contribution is 2.28. The largest absolute Gasteiger partial charge is 0.338 e. The number of carbonyl (C=O) groups excluding carboxylic acids is 1. The van der Waals surface area contributed by atoms with Crippen LogP contribution in [0.4, 0.5) is 0 Å². The summed E-state index contributed by atoms with van der Waals surface area (Å²) in [4.78, 5) is 14.1. The fraction of sp³-hybridized carbons (Fsp3) is 0.611. The summed E-state index contributed by atoms with van der Waals surface area (Å²) >= 11 is 0. The molecule has 1 amide bonds. The van der Waals surface area contributed by atoms with E-state index in [1.54, 1.807) is 0 Å². The van der Waals surface area contributed by atoms with Gasteiger partial charge in [0.25, 0.3) is 0 Å². The van der Waals surface area contributed by atoms with Crippen molar-refractivity contribution in [1.82, 2.24) is 4.90 Å². The summed E-state index contributed by atoms with van der Waals surface area (Å²) in [5, 5.41) is 0. The zero-order valence-electron chi connectivity index (χ0n) is 13.9. The number of nitrogens with zero attached hydrogens (tertiary/aromatic N) is 1. The third kappa shape index (κ3) is 4.36. The molecule has 1 aromatic rings. The van der Waals surface area contributed by atoms with Crippen molar-refractivity contribution >= 4 is 5.91 Å². The van der Waals surface area contributed by atoms with E-state index in [1.165, 1.54) is 5.56 Å². The zero-order chi connectivity index (χ0) is 15.4. The van der Waals surface area contributed by atoms with E-state index in [-0.39, 0.29) is 16.9 Å². The highest BCUT2D eigenvalue weighted by Gasteiger charge is 2.28. The van der Waals surface area contributed by atoms with Crippen LogP contribution in [0.3, 0.4) is 0 Å². The molecular weight excluding hydrogens is 246 g/mol. The molecule has 1 aromatic carbocycles. The van der Waals surface area contributed by atoms with Gasteiger partial charge < -0.3 is 4.90 Å². The van der Waals surface area contributed by atoms with Crippen molar-refractivity contribution in [1.29, 1.82) is 0 Å². The van der Waals surface area contributed by atoms with Crippen LogP contribution in [0.1, 0.15) is 59.9 Å². The first-order chi connectivity index (χ1) is 9.18. The molecule has 0 unspecified atom stereocenters. The van der Waals surface area contributed by atoms with E-state index >= 15 is 0 Å². The van der Waals surface area contributed by atoms with E-state index in [9.17, 15) is 4.79 Å². The van der Waals surface area contributed by atoms with Crippen molar-refractivity contribution in [2.45, 2.75) is 65.3 Å². The predicted octanol–water partition coefficient (Wildman–Crippen LogP) is 4.39. The molecule has 0 aliphatic heterocycles. The van der Waals surface area contributed by atoms with Gasteiger partial charge in [-0.2, -0.15) is 0 Å². The first kappa shape index (κ1) is 16.7. The fourth-order valence-electron chi connectivity index (χ4n) is 2.45. The molecule has 0 saturated heterocycles. The van der Waals surface area contributed by atoms with Crippen LogP contribution in [0.2, 0.25) is 0 Å².